The molecule has 3 rings (SSSR count). The number of halogens is 2. The maximum absolute atomic E-state index is 13.7. The van der Waals surface area contributed by atoms with Crippen LogP contribution in [-0.4, -0.2) is 42.4 Å². The normalized spacial score (nSPS) is 19.3. The first-order chi connectivity index (χ1) is 11.4. The van der Waals surface area contributed by atoms with Crippen molar-refractivity contribution < 1.29 is 23.1 Å². The molecule has 1 aromatic carbocycles. The smallest absolute Gasteiger partial charge is 0.328 e. The number of carbonyl (C=O) groups excluding carboxylic acids is 2. The lowest BCUT2D eigenvalue weighted by Gasteiger charge is -2.22. The molecule has 0 unspecified atom stereocenters. The number of alkyl halides is 2. The number of rotatable bonds is 3. The summed E-state index contributed by atoms with van der Waals surface area (Å²) in [5, 5.41) is 3.85. The summed E-state index contributed by atoms with van der Waals surface area (Å²) in [7, 11) is 1.12. The Morgan fingerprint density at radius 1 is 1.29 bits per heavy atom. The lowest BCUT2D eigenvalue weighted by Crippen LogP contribution is -2.41. The maximum Gasteiger partial charge on any atom is 0.328 e. The van der Waals surface area contributed by atoms with E-state index in [4.69, 9.17) is 0 Å². The quantitative estimate of drug-likeness (QED) is 0.796. The van der Waals surface area contributed by atoms with Gasteiger partial charge in [0.2, 0.25) is 0 Å². The summed E-state index contributed by atoms with van der Waals surface area (Å²) in [6, 6.07) is 7.40. The third-order valence-corrected chi connectivity index (χ3v) is 4.65. The number of amides is 1. The molecule has 0 saturated carbocycles. The third kappa shape index (κ3) is 3.17. The average molecular weight is 351 g/mol. The number of ether oxygens (including phenoxy) is 1. The Labute approximate surface area is 141 Å². The average Bonchev–Trinajstić information content (AvgIpc) is 3.21. The summed E-state index contributed by atoms with van der Waals surface area (Å²) in [4.78, 5) is 25.3. The zero-order chi connectivity index (χ0) is 17.3. The van der Waals surface area contributed by atoms with Gasteiger partial charge in [-0.15, -0.1) is 0 Å². The molecule has 0 radical (unpaired) electrons. The summed E-state index contributed by atoms with van der Waals surface area (Å²) >= 11 is 1.53. The minimum absolute atomic E-state index is 0.269. The summed E-state index contributed by atoms with van der Waals surface area (Å²) in [6.07, 6.45) is -0.713. The zero-order valence-corrected chi connectivity index (χ0v) is 13.7. The standard InChI is InChI=1S/C17H15F2NO3S/c1-23-16(22)14-8-17(18,19)10-20(14)15(21)12-4-2-3-11(7-12)13-5-6-24-9-13/h2-7,9,14H,8,10H2,1H3/t14-/m0/s1. The highest BCUT2D eigenvalue weighted by molar-refractivity contribution is 7.08. The van der Waals surface area contributed by atoms with Gasteiger partial charge in [0.15, 0.2) is 0 Å². The highest BCUT2D eigenvalue weighted by Crippen LogP contribution is 2.34. The number of carbonyl (C=O) groups is 2. The van der Waals surface area contributed by atoms with Crippen molar-refractivity contribution in [3.63, 3.8) is 0 Å². The zero-order valence-electron chi connectivity index (χ0n) is 12.9. The number of likely N-dealkylation sites (tertiary alicyclic amines) is 1. The van der Waals surface area contributed by atoms with Gasteiger partial charge in [-0.05, 0) is 40.1 Å². The van der Waals surface area contributed by atoms with Gasteiger partial charge in [-0.25, -0.2) is 13.6 Å². The van der Waals surface area contributed by atoms with Crippen LogP contribution < -0.4 is 0 Å². The van der Waals surface area contributed by atoms with E-state index in [2.05, 4.69) is 4.74 Å². The molecule has 1 amide bonds. The molecule has 7 heteroatoms. The molecule has 0 N–H and O–H groups in total. The van der Waals surface area contributed by atoms with Crippen LogP contribution >= 0.6 is 11.3 Å². The van der Waals surface area contributed by atoms with Crippen molar-refractivity contribution in [2.45, 2.75) is 18.4 Å². The van der Waals surface area contributed by atoms with Crippen molar-refractivity contribution in [1.82, 2.24) is 4.90 Å². The molecule has 4 nitrogen and oxygen atoms in total. The lowest BCUT2D eigenvalue weighted by atomic mass is 10.0. The molecule has 0 bridgehead atoms. The molecule has 0 spiro atoms. The number of nitrogens with zero attached hydrogens (tertiary/aromatic N) is 1. The van der Waals surface area contributed by atoms with E-state index in [0.717, 1.165) is 23.1 Å². The predicted octanol–water partition coefficient (Wildman–Crippen LogP) is 3.44. The van der Waals surface area contributed by atoms with Crippen molar-refractivity contribution >= 4 is 23.2 Å². The van der Waals surface area contributed by atoms with Crippen LogP contribution in [0.15, 0.2) is 41.1 Å². The van der Waals surface area contributed by atoms with Crippen LogP contribution in [0.3, 0.4) is 0 Å². The molecule has 1 aromatic heterocycles. The lowest BCUT2D eigenvalue weighted by molar-refractivity contribution is -0.145. The van der Waals surface area contributed by atoms with Crippen molar-refractivity contribution in [1.29, 1.82) is 0 Å². The second-order valence-corrected chi connectivity index (χ2v) is 6.40. The maximum atomic E-state index is 13.7. The van der Waals surface area contributed by atoms with Crippen LogP contribution in [0.2, 0.25) is 0 Å². The van der Waals surface area contributed by atoms with Gasteiger partial charge in [-0.2, -0.15) is 11.3 Å². The Morgan fingerprint density at radius 3 is 2.75 bits per heavy atom. The van der Waals surface area contributed by atoms with Gasteiger partial charge in [0.1, 0.15) is 6.04 Å². The molecule has 1 aliphatic heterocycles. The number of hydrogen-bond donors (Lipinski definition) is 0. The SMILES string of the molecule is COC(=O)[C@@H]1CC(F)(F)CN1C(=O)c1cccc(-c2ccsc2)c1. The molecule has 2 heterocycles. The molecule has 1 atom stereocenters. The van der Waals surface area contributed by atoms with Gasteiger partial charge < -0.3 is 9.64 Å². The number of thiophene rings is 1. The van der Waals surface area contributed by atoms with E-state index < -0.39 is 36.8 Å². The molecule has 1 fully saturated rings. The van der Waals surface area contributed by atoms with E-state index in [1.165, 1.54) is 11.3 Å². The fraction of sp³-hybridized carbons (Fsp3) is 0.294. The largest absolute Gasteiger partial charge is 0.467 e. The number of benzene rings is 1. The van der Waals surface area contributed by atoms with Crippen molar-refractivity contribution in [2.24, 2.45) is 0 Å². The topological polar surface area (TPSA) is 46.6 Å². The minimum atomic E-state index is -3.10. The minimum Gasteiger partial charge on any atom is -0.467 e. The molecule has 1 aliphatic rings. The highest BCUT2D eigenvalue weighted by atomic mass is 32.1. The highest BCUT2D eigenvalue weighted by Gasteiger charge is 2.50. The van der Waals surface area contributed by atoms with Gasteiger partial charge in [-0.3, -0.25) is 4.79 Å². The van der Waals surface area contributed by atoms with Gasteiger partial charge in [0.05, 0.1) is 13.7 Å². The molecule has 1 saturated heterocycles. The number of esters is 1. The summed E-state index contributed by atoms with van der Waals surface area (Å²) in [5.41, 5.74) is 2.04. The number of hydrogen-bond acceptors (Lipinski definition) is 4. The molecule has 0 aliphatic carbocycles. The molecule has 2 aromatic rings. The summed E-state index contributed by atoms with van der Waals surface area (Å²) < 4.78 is 32.0. The Hall–Kier alpha value is -2.28. The molecular formula is C17H15F2NO3S. The van der Waals surface area contributed by atoms with Crippen LogP contribution in [-0.2, 0) is 9.53 Å². The van der Waals surface area contributed by atoms with Crippen molar-refractivity contribution in [2.75, 3.05) is 13.7 Å². The van der Waals surface area contributed by atoms with Crippen LogP contribution in [0, 0.1) is 0 Å². The first-order valence-corrected chi connectivity index (χ1v) is 8.25. The summed E-state index contributed by atoms with van der Waals surface area (Å²) in [5.74, 6) is -4.52. The van der Waals surface area contributed by atoms with Gasteiger partial charge in [0.25, 0.3) is 11.8 Å². The van der Waals surface area contributed by atoms with E-state index >= 15 is 0 Å². The Kier molecular flexibility index (Phi) is 4.36. The fourth-order valence-electron chi connectivity index (χ4n) is 2.80. The fourth-order valence-corrected chi connectivity index (χ4v) is 3.47. The van der Waals surface area contributed by atoms with Crippen molar-refractivity contribution in [3.05, 3.63) is 46.7 Å². The van der Waals surface area contributed by atoms with Crippen molar-refractivity contribution in [3.8, 4) is 11.1 Å². The first kappa shape index (κ1) is 16.6. The second kappa shape index (κ2) is 6.32. The van der Waals surface area contributed by atoms with Crippen LogP contribution in [0.4, 0.5) is 8.78 Å². The number of methoxy groups -OCH3 is 1. The third-order valence-electron chi connectivity index (χ3n) is 3.97. The van der Waals surface area contributed by atoms with Gasteiger partial charge >= 0.3 is 5.97 Å². The van der Waals surface area contributed by atoms with E-state index in [9.17, 15) is 18.4 Å². The van der Waals surface area contributed by atoms with E-state index in [0.29, 0.717) is 0 Å². The Balaban J connectivity index is 1.90. The Bertz CT molecular complexity index is 761. The van der Waals surface area contributed by atoms with E-state index in [-0.39, 0.29) is 5.56 Å². The predicted molar refractivity (Wildman–Crippen MR) is 86.2 cm³/mol. The molecule has 126 valence electrons. The van der Waals surface area contributed by atoms with E-state index in [1.807, 2.05) is 22.9 Å². The van der Waals surface area contributed by atoms with Gasteiger partial charge in [0, 0.05) is 12.0 Å². The molecular weight excluding hydrogens is 336 g/mol. The molecule has 24 heavy (non-hydrogen) atoms. The van der Waals surface area contributed by atoms with Crippen LogP contribution in [0.5, 0.6) is 0 Å². The Morgan fingerprint density at radius 2 is 2.08 bits per heavy atom. The second-order valence-electron chi connectivity index (χ2n) is 5.62. The first-order valence-electron chi connectivity index (χ1n) is 7.30. The van der Waals surface area contributed by atoms with Crippen LogP contribution in [0.1, 0.15) is 16.8 Å². The van der Waals surface area contributed by atoms with E-state index in [1.54, 1.807) is 18.2 Å². The monoisotopic (exact) mass is 351 g/mol. The van der Waals surface area contributed by atoms with Gasteiger partial charge in [-0.1, -0.05) is 12.1 Å². The summed E-state index contributed by atoms with van der Waals surface area (Å²) in [6.45, 7) is -0.783. The van der Waals surface area contributed by atoms with Crippen LogP contribution in [0.25, 0.3) is 11.1 Å².